The van der Waals surface area contributed by atoms with Crippen molar-refractivity contribution in [3.63, 3.8) is 0 Å². The van der Waals surface area contributed by atoms with Crippen LogP contribution in [0.1, 0.15) is 17.5 Å². The smallest absolute Gasteiger partial charge is 0.433 e. The summed E-state index contributed by atoms with van der Waals surface area (Å²) in [6.07, 6.45) is -14.5. The number of benzene rings is 1. The van der Waals surface area contributed by atoms with Gasteiger partial charge in [-0.3, -0.25) is 4.79 Å². The Labute approximate surface area is 190 Å². The molecular formula is C20H20F6N4O4. The molecule has 1 aromatic rings. The van der Waals surface area contributed by atoms with Crippen molar-refractivity contribution >= 4 is 17.7 Å². The van der Waals surface area contributed by atoms with Gasteiger partial charge in [-0.25, -0.2) is 4.79 Å². The molecule has 2 aliphatic rings. The number of amides is 2. The highest BCUT2D eigenvalue weighted by molar-refractivity contribution is 5.82. The van der Waals surface area contributed by atoms with Gasteiger partial charge < -0.3 is 24.2 Å². The maximum absolute atomic E-state index is 13.7. The van der Waals surface area contributed by atoms with Crippen molar-refractivity contribution in [3.8, 4) is 6.07 Å². The van der Waals surface area contributed by atoms with Gasteiger partial charge in [-0.2, -0.15) is 31.6 Å². The van der Waals surface area contributed by atoms with Crippen molar-refractivity contribution in [1.29, 1.82) is 5.26 Å². The van der Waals surface area contributed by atoms with E-state index in [1.807, 2.05) is 0 Å². The van der Waals surface area contributed by atoms with Crippen molar-refractivity contribution in [1.82, 2.24) is 9.80 Å². The molecule has 186 valence electrons. The molecule has 8 nitrogen and oxygen atoms in total. The van der Waals surface area contributed by atoms with E-state index in [-0.39, 0.29) is 26.2 Å². The van der Waals surface area contributed by atoms with Crippen LogP contribution in [0.15, 0.2) is 18.2 Å². The first-order valence-electron chi connectivity index (χ1n) is 10.1. The molecule has 2 unspecified atom stereocenters. The predicted octanol–water partition coefficient (Wildman–Crippen LogP) is 2.97. The Morgan fingerprint density at radius 1 is 1.09 bits per heavy atom. The molecule has 0 radical (unpaired) electrons. The van der Waals surface area contributed by atoms with Gasteiger partial charge in [0.1, 0.15) is 0 Å². The number of hydrogen-bond acceptors (Lipinski definition) is 6. The van der Waals surface area contributed by atoms with Crippen LogP contribution in [0.5, 0.6) is 0 Å². The number of anilines is 1. The van der Waals surface area contributed by atoms with Gasteiger partial charge in [-0.05, 0) is 24.6 Å². The molecule has 0 saturated carbocycles. The maximum Gasteiger partial charge on any atom is 0.433 e. The fraction of sp³-hybridized carbons (Fsp3) is 0.550. The fourth-order valence-electron chi connectivity index (χ4n) is 3.87. The molecule has 0 spiro atoms. The molecule has 2 saturated heterocycles. The van der Waals surface area contributed by atoms with Crippen LogP contribution in [-0.4, -0.2) is 80.1 Å². The van der Waals surface area contributed by atoms with Crippen LogP contribution in [0.25, 0.3) is 0 Å². The van der Waals surface area contributed by atoms with E-state index in [0.717, 1.165) is 12.1 Å². The number of methoxy groups -OCH3 is 1. The highest BCUT2D eigenvalue weighted by Gasteiger charge is 2.53. The Hall–Kier alpha value is -3.21. The Balaban J connectivity index is 1.84. The SMILES string of the molecule is COC(=O)N1CCCN(C(=O)C2CN(c3ccc(C#N)c(C(F)(F)F)c3)C(C(F)(F)F)O2)CC1. The molecule has 3 rings (SSSR count). The number of carbonyl (C=O) groups is 2. The summed E-state index contributed by atoms with van der Waals surface area (Å²) in [5, 5.41) is 8.92. The second kappa shape index (κ2) is 9.57. The predicted molar refractivity (Wildman–Crippen MR) is 103 cm³/mol. The summed E-state index contributed by atoms with van der Waals surface area (Å²) in [6.45, 7) is -0.0895. The van der Waals surface area contributed by atoms with Crippen LogP contribution in [0, 0.1) is 11.3 Å². The summed E-state index contributed by atoms with van der Waals surface area (Å²) in [5.74, 6) is -0.770. The third-order valence-electron chi connectivity index (χ3n) is 5.50. The van der Waals surface area contributed by atoms with Gasteiger partial charge in [0.25, 0.3) is 5.91 Å². The topological polar surface area (TPSA) is 86.1 Å². The standard InChI is InChI=1S/C20H20F6N4O4/c1-33-18(32)29-6-2-5-28(7-8-29)16(31)15-11-30(17(34-15)20(24,25)26)13-4-3-12(10-27)14(9-13)19(21,22)23/h3-4,9,15,17H,2,5-8,11H2,1H3. The van der Waals surface area contributed by atoms with Crippen molar-refractivity contribution in [2.24, 2.45) is 0 Å². The lowest BCUT2D eigenvalue weighted by Crippen LogP contribution is -2.43. The van der Waals surface area contributed by atoms with Crippen molar-refractivity contribution in [2.75, 3.05) is 44.7 Å². The van der Waals surface area contributed by atoms with Gasteiger partial charge in [0.05, 0.1) is 30.9 Å². The summed E-state index contributed by atoms with van der Waals surface area (Å²) in [7, 11) is 1.20. The molecule has 34 heavy (non-hydrogen) atoms. The lowest BCUT2D eigenvalue weighted by molar-refractivity contribution is -0.214. The molecule has 14 heteroatoms. The van der Waals surface area contributed by atoms with Crippen molar-refractivity contribution < 1.29 is 45.4 Å². The third-order valence-corrected chi connectivity index (χ3v) is 5.50. The van der Waals surface area contributed by atoms with Gasteiger partial charge in [-0.15, -0.1) is 0 Å². The monoisotopic (exact) mass is 494 g/mol. The molecule has 2 aliphatic heterocycles. The van der Waals surface area contributed by atoms with Gasteiger partial charge in [0.2, 0.25) is 6.23 Å². The van der Waals surface area contributed by atoms with Gasteiger partial charge >= 0.3 is 18.4 Å². The second-order valence-electron chi connectivity index (χ2n) is 7.65. The van der Waals surface area contributed by atoms with E-state index in [2.05, 4.69) is 4.74 Å². The highest BCUT2D eigenvalue weighted by Crippen LogP contribution is 2.39. The Bertz CT molecular complexity index is 977. The highest BCUT2D eigenvalue weighted by atomic mass is 19.4. The summed E-state index contributed by atoms with van der Waals surface area (Å²) < 4.78 is 90.6. The Kier molecular flexibility index (Phi) is 7.15. The number of alkyl halides is 6. The average molecular weight is 494 g/mol. The zero-order valence-electron chi connectivity index (χ0n) is 17.8. The van der Waals surface area contributed by atoms with Crippen LogP contribution in [-0.2, 0) is 20.4 Å². The summed E-state index contributed by atoms with van der Waals surface area (Å²) in [6, 6.07) is 3.52. The van der Waals surface area contributed by atoms with Gasteiger partial charge in [-0.1, -0.05) is 0 Å². The van der Waals surface area contributed by atoms with E-state index in [9.17, 15) is 35.9 Å². The van der Waals surface area contributed by atoms with Crippen LogP contribution >= 0.6 is 0 Å². The molecule has 0 aromatic heterocycles. The molecular weight excluding hydrogens is 474 g/mol. The fourth-order valence-corrected chi connectivity index (χ4v) is 3.87. The van der Waals surface area contributed by atoms with E-state index in [1.165, 1.54) is 23.0 Å². The summed E-state index contributed by atoms with van der Waals surface area (Å²) in [4.78, 5) is 27.7. The van der Waals surface area contributed by atoms with Crippen molar-refractivity contribution in [3.05, 3.63) is 29.3 Å². The first-order valence-corrected chi connectivity index (χ1v) is 10.1. The van der Waals surface area contributed by atoms with Crippen LogP contribution < -0.4 is 4.90 Å². The molecule has 1 aromatic carbocycles. The van der Waals surface area contributed by atoms with E-state index >= 15 is 0 Å². The number of carbonyl (C=O) groups excluding carboxylic acids is 2. The van der Waals surface area contributed by atoms with Crippen LogP contribution in [0.3, 0.4) is 0 Å². The second-order valence-corrected chi connectivity index (χ2v) is 7.65. The molecule has 0 bridgehead atoms. The van der Waals surface area contributed by atoms with E-state index in [4.69, 9.17) is 10.00 Å². The Morgan fingerprint density at radius 2 is 1.74 bits per heavy atom. The lowest BCUT2D eigenvalue weighted by atomic mass is 10.1. The maximum atomic E-state index is 13.7. The molecule has 2 heterocycles. The third kappa shape index (κ3) is 5.30. The molecule has 2 amide bonds. The van der Waals surface area contributed by atoms with E-state index in [0.29, 0.717) is 17.4 Å². The van der Waals surface area contributed by atoms with E-state index in [1.54, 1.807) is 0 Å². The van der Waals surface area contributed by atoms with Crippen LogP contribution in [0.2, 0.25) is 0 Å². The first kappa shape index (κ1) is 25.4. The number of hydrogen-bond donors (Lipinski definition) is 0. The van der Waals surface area contributed by atoms with Gasteiger partial charge in [0, 0.05) is 31.9 Å². The number of halogens is 6. The van der Waals surface area contributed by atoms with Crippen LogP contribution in [0.4, 0.5) is 36.8 Å². The van der Waals surface area contributed by atoms with Crippen molar-refractivity contribution in [2.45, 2.75) is 31.1 Å². The molecule has 0 aliphatic carbocycles. The normalized spacial score (nSPS) is 21.8. The average Bonchev–Trinajstić information content (AvgIpc) is 3.09. The Morgan fingerprint density at radius 3 is 2.32 bits per heavy atom. The minimum absolute atomic E-state index is 0.0273. The summed E-state index contributed by atoms with van der Waals surface area (Å²) in [5.41, 5.74) is -2.62. The summed E-state index contributed by atoms with van der Waals surface area (Å²) >= 11 is 0. The number of nitrogens with zero attached hydrogens (tertiary/aromatic N) is 4. The van der Waals surface area contributed by atoms with Gasteiger partial charge in [0.15, 0.2) is 6.10 Å². The molecule has 0 N–H and O–H groups in total. The molecule has 2 atom stereocenters. The number of ether oxygens (including phenoxy) is 2. The first-order chi connectivity index (χ1) is 15.9. The zero-order chi connectivity index (χ0) is 25.3. The zero-order valence-corrected chi connectivity index (χ0v) is 17.8. The van der Waals surface area contributed by atoms with E-state index < -0.39 is 60.0 Å². The lowest BCUT2D eigenvalue weighted by Gasteiger charge is -2.27. The molecule has 2 fully saturated rings. The quantitative estimate of drug-likeness (QED) is 0.588. The number of nitriles is 1. The minimum atomic E-state index is -5.01. The number of rotatable bonds is 2. The largest absolute Gasteiger partial charge is 0.453 e. The minimum Gasteiger partial charge on any atom is -0.453 e.